The zero-order valence-corrected chi connectivity index (χ0v) is 10.5. The Bertz CT molecular complexity index is 340. The summed E-state index contributed by atoms with van der Waals surface area (Å²) in [6, 6.07) is 6.40. The van der Waals surface area contributed by atoms with Crippen molar-refractivity contribution < 1.29 is 4.74 Å². The van der Waals surface area contributed by atoms with Crippen LogP contribution >= 0.6 is 15.9 Å². The first kappa shape index (κ1) is 11.0. The summed E-state index contributed by atoms with van der Waals surface area (Å²) in [5.41, 5.74) is 2.66. The molecule has 0 fully saturated rings. The van der Waals surface area contributed by atoms with Gasteiger partial charge in [0.25, 0.3) is 0 Å². The molecule has 1 aliphatic heterocycles. The number of rotatable bonds is 4. The number of aryl methyl sites for hydroxylation is 1. The summed E-state index contributed by atoms with van der Waals surface area (Å²) in [7, 11) is 0. The minimum absolute atomic E-state index is 0.306. The first-order valence-corrected chi connectivity index (χ1v) is 6.44. The van der Waals surface area contributed by atoms with Crippen LogP contribution in [0.4, 0.5) is 0 Å². The third kappa shape index (κ3) is 2.73. The second kappa shape index (κ2) is 4.99. The van der Waals surface area contributed by atoms with Crippen molar-refractivity contribution in [1.82, 2.24) is 5.32 Å². The number of fused-ring (bicyclic) bond motifs is 1. The number of nitrogens with one attached hydrogen (secondary N) is 1. The van der Waals surface area contributed by atoms with E-state index in [9.17, 15) is 0 Å². The lowest BCUT2D eigenvalue weighted by atomic mass is 10.1. The van der Waals surface area contributed by atoms with Crippen molar-refractivity contribution in [3.05, 3.63) is 29.3 Å². The Morgan fingerprint density at radius 3 is 3.20 bits per heavy atom. The molecule has 0 amide bonds. The topological polar surface area (TPSA) is 21.3 Å². The van der Waals surface area contributed by atoms with Crippen molar-refractivity contribution in [1.29, 1.82) is 0 Å². The minimum Gasteiger partial charge on any atom is -0.488 e. The lowest BCUT2D eigenvalue weighted by Crippen LogP contribution is -2.31. The van der Waals surface area contributed by atoms with Gasteiger partial charge in [-0.3, -0.25) is 0 Å². The molecule has 0 saturated heterocycles. The summed E-state index contributed by atoms with van der Waals surface area (Å²) in [5, 5.41) is 4.35. The molecule has 3 heteroatoms. The second-order valence-corrected chi connectivity index (χ2v) is 4.74. The molecular formula is C12H16BrNO. The zero-order chi connectivity index (χ0) is 10.7. The van der Waals surface area contributed by atoms with Gasteiger partial charge in [0.2, 0.25) is 0 Å². The summed E-state index contributed by atoms with van der Waals surface area (Å²) < 4.78 is 5.83. The normalized spacial score (nSPS) is 18.7. The van der Waals surface area contributed by atoms with Crippen molar-refractivity contribution in [2.24, 2.45) is 0 Å². The summed E-state index contributed by atoms with van der Waals surface area (Å²) in [5.74, 6) is 1.06. The maximum Gasteiger partial charge on any atom is 0.123 e. The molecule has 0 aromatic heterocycles. The molecule has 1 atom stereocenters. The summed E-state index contributed by atoms with van der Waals surface area (Å²) in [4.78, 5) is 0. The molecular weight excluding hydrogens is 254 g/mol. The maximum atomic E-state index is 5.83. The minimum atomic E-state index is 0.306. The highest BCUT2D eigenvalue weighted by molar-refractivity contribution is 9.09. The predicted octanol–water partition coefficient (Wildman–Crippen LogP) is 2.28. The van der Waals surface area contributed by atoms with Gasteiger partial charge in [-0.25, -0.2) is 0 Å². The van der Waals surface area contributed by atoms with Gasteiger partial charge in [0.1, 0.15) is 11.9 Å². The smallest absolute Gasteiger partial charge is 0.123 e. The molecule has 2 nitrogen and oxygen atoms in total. The Hall–Kier alpha value is -0.540. The van der Waals surface area contributed by atoms with E-state index in [-0.39, 0.29) is 0 Å². The van der Waals surface area contributed by atoms with Gasteiger partial charge in [0.15, 0.2) is 0 Å². The molecule has 0 bridgehead atoms. The third-order valence-electron chi connectivity index (χ3n) is 2.60. The van der Waals surface area contributed by atoms with Crippen LogP contribution in [0.25, 0.3) is 0 Å². The van der Waals surface area contributed by atoms with Crippen LogP contribution in [0.3, 0.4) is 0 Å². The average molecular weight is 270 g/mol. The molecule has 1 unspecified atom stereocenters. The predicted molar refractivity (Wildman–Crippen MR) is 66.0 cm³/mol. The number of hydrogen-bond donors (Lipinski definition) is 1. The van der Waals surface area contributed by atoms with E-state index >= 15 is 0 Å². The number of alkyl halides is 1. The largest absolute Gasteiger partial charge is 0.488 e. The number of halogens is 1. The van der Waals surface area contributed by atoms with Crippen LogP contribution in [0.5, 0.6) is 5.75 Å². The highest BCUT2D eigenvalue weighted by Crippen LogP contribution is 2.29. The monoisotopic (exact) mass is 269 g/mol. The van der Waals surface area contributed by atoms with Crippen molar-refractivity contribution in [2.75, 3.05) is 18.4 Å². The summed E-state index contributed by atoms with van der Waals surface area (Å²) in [6.45, 7) is 4.05. The first-order chi connectivity index (χ1) is 7.29. The van der Waals surface area contributed by atoms with E-state index in [1.54, 1.807) is 0 Å². The lowest BCUT2D eigenvalue weighted by molar-refractivity contribution is 0.229. The lowest BCUT2D eigenvalue weighted by Gasteiger charge is -2.10. The van der Waals surface area contributed by atoms with Crippen LogP contribution < -0.4 is 10.1 Å². The highest BCUT2D eigenvalue weighted by atomic mass is 79.9. The fourth-order valence-corrected chi connectivity index (χ4v) is 2.17. The maximum absolute atomic E-state index is 5.83. The van der Waals surface area contributed by atoms with E-state index in [1.165, 1.54) is 11.1 Å². The second-order valence-electron chi connectivity index (χ2n) is 3.95. The number of ether oxygens (including phenoxy) is 1. The first-order valence-electron chi connectivity index (χ1n) is 5.32. The number of hydrogen-bond acceptors (Lipinski definition) is 2. The van der Waals surface area contributed by atoms with Crippen molar-refractivity contribution >= 4 is 15.9 Å². The van der Waals surface area contributed by atoms with Crippen molar-refractivity contribution in [3.63, 3.8) is 0 Å². The van der Waals surface area contributed by atoms with E-state index in [0.717, 1.165) is 30.6 Å². The molecule has 0 radical (unpaired) electrons. The van der Waals surface area contributed by atoms with E-state index in [4.69, 9.17) is 4.74 Å². The van der Waals surface area contributed by atoms with E-state index in [2.05, 4.69) is 46.4 Å². The van der Waals surface area contributed by atoms with Crippen molar-refractivity contribution in [2.45, 2.75) is 19.4 Å². The van der Waals surface area contributed by atoms with Gasteiger partial charge in [-0.2, -0.15) is 0 Å². The fraction of sp³-hybridized carbons (Fsp3) is 0.500. The standard InChI is InChI=1S/C12H16BrNO/c1-9-2-3-12-10(6-9)7-11(15-12)8-14-5-4-13/h2-3,6,11,14H,4-5,7-8H2,1H3. The van der Waals surface area contributed by atoms with Gasteiger partial charge < -0.3 is 10.1 Å². The van der Waals surface area contributed by atoms with E-state index in [0.29, 0.717) is 6.10 Å². The third-order valence-corrected chi connectivity index (χ3v) is 3.00. The molecule has 15 heavy (non-hydrogen) atoms. The quantitative estimate of drug-likeness (QED) is 0.669. The Morgan fingerprint density at radius 1 is 1.53 bits per heavy atom. The molecule has 2 rings (SSSR count). The van der Waals surface area contributed by atoms with Gasteiger partial charge in [-0.1, -0.05) is 33.6 Å². The van der Waals surface area contributed by atoms with Crippen LogP contribution in [0.15, 0.2) is 18.2 Å². The Morgan fingerprint density at radius 2 is 2.40 bits per heavy atom. The van der Waals surface area contributed by atoms with Crippen LogP contribution in [-0.2, 0) is 6.42 Å². The molecule has 1 aromatic carbocycles. The average Bonchev–Trinajstić information content (AvgIpc) is 2.60. The van der Waals surface area contributed by atoms with Crippen LogP contribution in [0, 0.1) is 6.92 Å². The van der Waals surface area contributed by atoms with Gasteiger partial charge in [0, 0.05) is 24.8 Å². The van der Waals surface area contributed by atoms with Gasteiger partial charge in [-0.15, -0.1) is 0 Å². The Kier molecular flexibility index (Phi) is 3.65. The van der Waals surface area contributed by atoms with Crippen LogP contribution in [0.2, 0.25) is 0 Å². The van der Waals surface area contributed by atoms with Gasteiger partial charge in [0.05, 0.1) is 0 Å². The molecule has 0 spiro atoms. The summed E-state index contributed by atoms with van der Waals surface area (Å²) >= 11 is 3.39. The van der Waals surface area contributed by atoms with Gasteiger partial charge >= 0.3 is 0 Å². The van der Waals surface area contributed by atoms with Crippen LogP contribution in [0.1, 0.15) is 11.1 Å². The molecule has 1 heterocycles. The molecule has 0 saturated carbocycles. The zero-order valence-electron chi connectivity index (χ0n) is 8.92. The molecule has 82 valence electrons. The molecule has 1 aromatic rings. The molecule has 1 aliphatic rings. The van der Waals surface area contributed by atoms with Crippen LogP contribution in [-0.4, -0.2) is 24.5 Å². The van der Waals surface area contributed by atoms with E-state index < -0.39 is 0 Å². The number of benzene rings is 1. The fourth-order valence-electron chi connectivity index (χ4n) is 1.89. The van der Waals surface area contributed by atoms with Crippen molar-refractivity contribution in [3.8, 4) is 5.75 Å². The molecule has 1 N–H and O–H groups in total. The van der Waals surface area contributed by atoms with E-state index in [1.807, 2.05) is 0 Å². The Labute approximate surface area is 99.1 Å². The Balaban J connectivity index is 1.91. The molecule has 0 aliphatic carbocycles. The van der Waals surface area contributed by atoms with Gasteiger partial charge in [-0.05, 0) is 18.6 Å². The highest BCUT2D eigenvalue weighted by Gasteiger charge is 2.21. The summed E-state index contributed by atoms with van der Waals surface area (Å²) in [6.07, 6.45) is 1.34. The SMILES string of the molecule is Cc1ccc2c(c1)CC(CNCCBr)O2.